The van der Waals surface area contributed by atoms with E-state index in [1.54, 1.807) is 0 Å². The number of hydrogen-bond acceptors (Lipinski definition) is 0. The van der Waals surface area contributed by atoms with E-state index in [2.05, 4.69) is 206 Å². The SMILES string of the molecule is c1cc(-c2ccc3c(c2)-c2ccccc2C32c3ccccc3-c3ccccc32)cc(-c2ccc3c(c2)C2(c4ccccc4-c4ccccc42)c2ccccc2-3)c1. The van der Waals surface area contributed by atoms with Gasteiger partial charge in [0.25, 0.3) is 0 Å². The molecule has 4 aliphatic rings. The molecule has 0 radical (unpaired) electrons. The van der Waals surface area contributed by atoms with E-state index in [9.17, 15) is 0 Å². The summed E-state index contributed by atoms with van der Waals surface area (Å²) in [5.74, 6) is 0. The fourth-order valence-electron chi connectivity index (χ4n) is 11.4. The van der Waals surface area contributed by atoms with Crippen LogP contribution in [-0.4, -0.2) is 0 Å². The molecule has 0 unspecified atom stereocenters. The van der Waals surface area contributed by atoms with Gasteiger partial charge in [0.2, 0.25) is 0 Å². The van der Waals surface area contributed by atoms with E-state index < -0.39 is 0 Å². The number of benzene rings is 9. The first kappa shape index (κ1) is 30.3. The van der Waals surface area contributed by atoms with Crippen molar-refractivity contribution in [3.8, 4) is 66.8 Å². The maximum absolute atomic E-state index is 2.49. The highest BCUT2D eigenvalue weighted by molar-refractivity contribution is 5.98. The van der Waals surface area contributed by atoms with E-state index in [0.717, 1.165) is 0 Å². The number of rotatable bonds is 2. The Bertz CT molecular complexity index is 3050. The summed E-state index contributed by atoms with van der Waals surface area (Å²) in [5.41, 5.74) is 25.9. The standard InChI is InChI=1S/C56H34/c1-7-22-47-39(16-1)40-17-2-8-23-48(40)55(47)52-27-12-6-21-44(52)46-33-37(29-31-53(46)55)35-14-13-15-36(32-35)38-28-30-45-43-20-5-11-26-51(43)56(54(45)34-38)49-24-9-3-18-41(49)42-19-4-10-25-50(42)56/h1-34H. The molecule has 4 aliphatic carbocycles. The fourth-order valence-corrected chi connectivity index (χ4v) is 11.4. The summed E-state index contributed by atoms with van der Waals surface area (Å²) < 4.78 is 0. The van der Waals surface area contributed by atoms with E-state index >= 15 is 0 Å². The Balaban J connectivity index is 0.977. The van der Waals surface area contributed by atoms with Crippen LogP contribution in [0.15, 0.2) is 206 Å². The fraction of sp³-hybridized carbons (Fsp3) is 0.0357. The van der Waals surface area contributed by atoms with Gasteiger partial charge in [-0.05, 0) is 129 Å². The van der Waals surface area contributed by atoms with Gasteiger partial charge in [0.15, 0.2) is 0 Å². The first-order valence-corrected chi connectivity index (χ1v) is 19.8. The van der Waals surface area contributed by atoms with Gasteiger partial charge in [0.1, 0.15) is 0 Å². The van der Waals surface area contributed by atoms with Gasteiger partial charge in [-0.2, -0.15) is 0 Å². The zero-order valence-electron chi connectivity index (χ0n) is 30.6. The first-order chi connectivity index (χ1) is 27.8. The summed E-state index contributed by atoms with van der Waals surface area (Å²) in [6.45, 7) is 0. The van der Waals surface area contributed by atoms with Crippen LogP contribution in [0, 0.1) is 0 Å². The van der Waals surface area contributed by atoms with Gasteiger partial charge in [0, 0.05) is 0 Å². The van der Waals surface area contributed by atoms with Gasteiger partial charge in [-0.15, -0.1) is 0 Å². The molecule has 0 heterocycles. The zero-order valence-corrected chi connectivity index (χ0v) is 30.6. The normalized spacial score (nSPS) is 14.7. The molecule has 258 valence electrons. The van der Waals surface area contributed by atoms with Crippen molar-refractivity contribution in [2.45, 2.75) is 10.8 Å². The topological polar surface area (TPSA) is 0 Å². The summed E-state index contributed by atoms with van der Waals surface area (Å²) in [4.78, 5) is 0. The Morgan fingerprint density at radius 1 is 0.179 bits per heavy atom. The van der Waals surface area contributed by atoms with Crippen LogP contribution in [0.2, 0.25) is 0 Å². The van der Waals surface area contributed by atoms with Crippen molar-refractivity contribution in [1.82, 2.24) is 0 Å². The molecule has 0 fully saturated rings. The van der Waals surface area contributed by atoms with Crippen LogP contribution in [0.4, 0.5) is 0 Å². The van der Waals surface area contributed by atoms with Crippen molar-refractivity contribution >= 4 is 0 Å². The van der Waals surface area contributed by atoms with Crippen LogP contribution in [-0.2, 0) is 10.8 Å². The predicted molar refractivity (Wildman–Crippen MR) is 230 cm³/mol. The van der Waals surface area contributed by atoms with Crippen molar-refractivity contribution in [3.05, 3.63) is 251 Å². The second-order valence-corrected chi connectivity index (χ2v) is 15.9. The molecule has 0 atom stereocenters. The van der Waals surface area contributed by atoms with Crippen molar-refractivity contribution in [1.29, 1.82) is 0 Å². The van der Waals surface area contributed by atoms with Gasteiger partial charge in [0.05, 0.1) is 10.8 Å². The Morgan fingerprint density at radius 2 is 0.482 bits per heavy atom. The number of fused-ring (bicyclic) bond motifs is 20. The van der Waals surface area contributed by atoms with Gasteiger partial charge < -0.3 is 0 Å². The van der Waals surface area contributed by atoms with Crippen molar-refractivity contribution in [3.63, 3.8) is 0 Å². The van der Waals surface area contributed by atoms with Crippen molar-refractivity contribution < 1.29 is 0 Å². The molecule has 0 nitrogen and oxygen atoms in total. The lowest BCUT2D eigenvalue weighted by molar-refractivity contribution is 0.794. The van der Waals surface area contributed by atoms with Gasteiger partial charge in [-0.1, -0.05) is 188 Å². The van der Waals surface area contributed by atoms with Gasteiger partial charge in [-0.25, -0.2) is 0 Å². The molecule has 0 heteroatoms. The van der Waals surface area contributed by atoms with E-state index in [-0.39, 0.29) is 10.8 Å². The van der Waals surface area contributed by atoms with E-state index in [1.807, 2.05) is 0 Å². The summed E-state index contributed by atoms with van der Waals surface area (Å²) in [7, 11) is 0. The summed E-state index contributed by atoms with van der Waals surface area (Å²) in [5, 5.41) is 0. The lowest BCUT2D eigenvalue weighted by Gasteiger charge is -2.30. The zero-order chi connectivity index (χ0) is 36.6. The summed E-state index contributed by atoms with van der Waals surface area (Å²) in [6, 6.07) is 77.9. The van der Waals surface area contributed by atoms with Crippen LogP contribution >= 0.6 is 0 Å². The average molecular weight is 707 g/mol. The molecular formula is C56H34. The Labute approximate surface area is 327 Å². The second-order valence-electron chi connectivity index (χ2n) is 15.9. The highest BCUT2D eigenvalue weighted by Gasteiger charge is 2.53. The molecule has 2 spiro atoms. The van der Waals surface area contributed by atoms with Gasteiger partial charge >= 0.3 is 0 Å². The van der Waals surface area contributed by atoms with E-state index in [0.29, 0.717) is 0 Å². The van der Waals surface area contributed by atoms with Crippen LogP contribution in [0.5, 0.6) is 0 Å². The molecule has 0 amide bonds. The monoisotopic (exact) mass is 706 g/mol. The third-order valence-corrected chi connectivity index (χ3v) is 13.5. The quantitative estimate of drug-likeness (QED) is 0.168. The molecule has 56 heavy (non-hydrogen) atoms. The molecular weight excluding hydrogens is 673 g/mol. The summed E-state index contributed by atoms with van der Waals surface area (Å²) >= 11 is 0. The van der Waals surface area contributed by atoms with E-state index in [4.69, 9.17) is 0 Å². The lowest BCUT2D eigenvalue weighted by Crippen LogP contribution is -2.25. The van der Waals surface area contributed by atoms with Crippen LogP contribution in [0.25, 0.3) is 66.8 Å². The smallest absolute Gasteiger partial charge is 0.0619 e. The molecule has 0 saturated heterocycles. The first-order valence-electron chi connectivity index (χ1n) is 19.8. The second kappa shape index (κ2) is 10.8. The summed E-state index contributed by atoms with van der Waals surface area (Å²) in [6.07, 6.45) is 0. The van der Waals surface area contributed by atoms with Crippen LogP contribution in [0.1, 0.15) is 44.5 Å². The van der Waals surface area contributed by atoms with Crippen molar-refractivity contribution in [2.75, 3.05) is 0 Å². The molecule has 0 saturated carbocycles. The van der Waals surface area contributed by atoms with Crippen LogP contribution < -0.4 is 0 Å². The molecule has 9 aromatic rings. The maximum Gasteiger partial charge on any atom is 0.0725 e. The highest BCUT2D eigenvalue weighted by atomic mass is 14.5. The number of hydrogen-bond donors (Lipinski definition) is 0. The molecule has 0 aromatic heterocycles. The maximum atomic E-state index is 2.49. The molecule has 0 aliphatic heterocycles. The third-order valence-electron chi connectivity index (χ3n) is 13.5. The van der Waals surface area contributed by atoms with E-state index in [1.165, 1.54) is 111 Å². The Hall–Kier alpha value is -7.02. The predicted octanol–water partition coefficient (Wildman–Crippen LogP) is 13.7. The molecule has 9 aromatic carbocycles. The largest absolute Gasteiger partial charge is 0.0725 e. The average Bonchev–Trinajstić information content (AvgIpc) is 3.95. The third kappa shape index (κ3) is 3.56. The minimum Gasteiger partial charge on any atom is -0.0619 e. The minimum atomic E-state index is -0.354. The Kier molecular flexibility index (Phi) is 5.85. The minimum absolute atomic E-state index is 0.324. The lowest BCUT2D eigenvalue weighted by atomic mass is 9.70. The highest BCUT2D eigenvalue weighted by Crippen LogP contribution is 2.64. The van der Waals surface area contributed by atoms with Crippen molar-refractivity contribution in [2.24, 2.45) is 0 Å². The van der Waals surface area contributed by atoms with Gasteiger partial charge in [-0.3, -0.25) is 0 Å². The molecule has 13 rings (SSSR count). The molecule has 0 bridgehead atoms. The Morgan fingerprint density at radius 3 is 0.929 bits per heavy atom. The van der Waals surface area contributed by atoms with Crippen LogP contribution in [0.3, 0.4) is 0 Å². The molecule has 0 N–H and O–H groups in total.